The van der Waals surface area contributed by atoms with Crippen LogP contribution in [0.1, 0.15) is 65.7 Å². The van der Waals surface area contributed by atoms with Crippen LogP contribution in [0, 0.1) is 34.5 Å². The van der Waals surface area contributed by atoms with Crippen molar-refractivity contribution < 1.29 is 9.18 Å². The topological polar surface area (TPSA) is 17.1 Å². The predicted molar refractivity (Wildman–Crippen MR) is 86.2 cm³/mol. The van der Waals surface area contributed by atoms with Gasteiger partial charge in [0.15, 0.2) is 12.0 Å². The SMILES string of the molecule is CC1CCCC2=CC[C@H]3[C@@H]4C[C@@H](F)C(=O)[C@@]4(C)CC[C@@H]3[C@]21C. The number of hydrogen-bond donors (Lipinski definition) is 0. The highest BCUT2D eigenvalue weighted by Crippen LogP contribution is 2.65. The molecule has 0 heterocycles. The molecule has 0 radical (unpaired) electrons. The highest BCUT2D eigenvalue weighted by molar-refractivity contribution is 5.91. The van der Waals surface area contributed by atoms with Gasteiger partial charge in [-0.1, -0.05) is 32.4 Å². The summed E-state index contributed by atoms with van der Waals surface area (Å²) >= 11 is 0. The maximum Gasteiger partial charge on any atom is 0.173 e. The van der Waals surface area contributed by atoms with Crippen molar-refractivity contribution in [2.24, 2.45) is 34.5 Å². The van der Waals surface area contributed by atoms with Crippen molar-refractivity contribution in [3.8, 4) is 0 Å². The molecule has 0 aromatic rings. The lowest BCUT2D eigenvalue weighted by Gasteiger charge is -2.58. The fourth-order valence-corrected chi connectivity index (χ4v) is 6.80. The van der Waals surface area contributed by atoms with E-state index >= 15 is 0 Å². The Hall–Kier alpha value is -0.660. The zero-order valence-corrected chi connectivity index (χ0v) is 14.2. The molecule has 3 fully saturated rings. The number of ketones is 1. The molecule has 4 aliphatic carbocycles. The third-order valence-corrected chi connectivity index (χ3v) is 8.34. The molecule has 0 saturated heterocycles. The first-order valence-corrected chi connectivity index (χ1v) is 9.27. The molecule has 3 saturated carbocycles. The zero-order chi connectivity index (χ0) is 15.7. The molecule has 22 heavy (non-hydrogen) atoms. The van der Waals surface area contributed by atoms with Crippen LogP contribution in [0.2, 0.25) is 0 Å². The van der Waals surface area contributed by atoms with Crippen molar-refractivity contribution >= 4 is 5.78 Å². The number of rotatable bonds is 0. The molecule has 0 N–H and O–H groups in total. The van der Waals surface area contributed by atoms with Crippen LogP contribution in [0.3, 0.4) is 0 Å². The molecule has 4 aliphatic rings. The van der Waals surface area contributed by atoms with Gasteiger partial charge in [-0.15, -0.1) is 0 Å². The van der Waals surface area contributed by atoms with E-state index in [-0.39, 0.29) is 17.1 Å². The van der Waals surface area contributed by atoms with Gasteiger partial charge in [0.1, 0.15) is 0 Å². The number of fused-ring (bicyclic) bond motifs is 5. The van der Waals surface area contributed by atoms with Crippen LogP contribution in [-0.4, -0.2) is 12.0 Å². The quantitative estimate of drug-likeness (QED) is 0.569. The van der Waals surface area contributed by atoms with Crippen molar-refractivity contribution in [1.82, 2.24) is 0 Å². The monoisotopic (exact) mass is 304 g/mol. The fourth-order valence-electron chi connectivity index (χ4n) is 6.80. The first-order chi connectivity index (χ1) is 10.4. The number of halogens is 1. The molecule has 0 bridgehead atoms. The molecule has 1 unspecified atom stereocenters. The Kier molecular flexibility index (Phi) is 3.17. The van der Waals surface area contributed by atoms with Crippen LogP contribution in [0.5, 0.6) is 0 Å². The molecule has 0 spiro atoms. The van der Waals surface area contributed by atoms with Gasteiger partial charge >= 0.3 is 0 Å². The van der Waals surface area contributed by atoms with Crippen molar-refractivity contribution in [3.63, 3.8) is 0 Å². The molecule has 0 aromatic heterocycles. The van der Waals surface area contributed by atoms with E-state index < -0.39 is 6.17 Å². The van der Waals surface area contributed by atoms with Crippen molar-refractivity contribution in [2.75, 3.05) is 0 Å². The summed E-state index contributed by atoms with van der Waals surface area (Å²) in [6.07, 6.45) is 8.80. The summed E-state index contributed by atoms with van der Waals surface area (Å²) in [6.45, 7) is 6.95. The first kappa shape index (κ1) is 14.9. The van der Waals surface area contributed by atoms with Crippen molar-refractivity contribution in [1.29, 1.82) is 0 Å². The standard InChI is InChI=1S/C20H29FO/c1-12-5-4-6-13-7-8-14-15(20(12,13)3)9-10-19(2)16(14)11-17(21)18(19)22/h7,12,14-17H,4-6,8-11H2,1-3H3/t12?,14-,15+,16+,17-,19+,20+/m1/s1. The Labute approximate surface area is 133 Å². The zero-order valence-electron chi connectivity index (χ0n) is 14.2. The van der Waals surface area contributed by atoms with Gasteiger partial charge in [-0.3, -0.25) is 4.79 Å². The smallest absolute Gasteiger partial charge is 0.173 e. The molecule has 4 rings (SSSR count). The average Bonchev–Trinajstić information content (AvgIpc) is 2.72. The summed E-state index contributed by atoms with van der Waals surface area (Å²) in [5.41, 5.74) is 1.61. The summed E-state index contributed by atoms with van der Waals surface area (Å²) in [4.78, 5) is 12.4. The summed E-state index contributed by atoms with van der Waals surface area (Å²) in [5.74, 6) is 2.10. The minimum absolute atomic E-state index is 0.0902. The minimum atomic E-state index is -1.20. The first-order valence-electron chi connectivity index (χ1n) is 9.27. The second-order valence-corrected chi connectivity index (χ2v) is 8.94. The van der Waals surface area contributed by atoms with E-state index in [1.54, 1.807) is 5.57 Å². The lowest BCUT2D eigenvalue weighted by molar-refractivity contribution is -0.135. The number of carbonyl (C=O) groups is 1. The van der Waals surface area contributed by atoms with Crippen LogP contribution in [0.4, 0.5) is 4.39 Å². The van der Waals surface area contributed by atoms with Crippen LogP contribution in [0.15, 0.2) is 11.6 Å². The molecule has 0 aromatic carbocycles. The Morgan fingerprint density at radius 2 is 2.00 bits per heavy atom. The maximum atomic E-state index is 14.2. The van der Waals surface area contributed by atoms with Crippen LogP contribution in [-0.2, 0) is 4.79 Å². The fraction of sp³-hybridized carbons (Fsp3) is 0.850. The van der Waals surface area contributed by atoms with Gasteiger partial charge in [0.25, 0.3) is 0 Å². The number of alkyl halides is 1. The third kappa shape index (κ3) is 1.67. The van der Waals surface area contributed by atoms with E-state index in [2.05, 4.69) is 26.8 Å². The number of carbonyl (C=O) groups excluding carboxylic acids is 1. The predicted octanol–water partition coefficient (Wildman–Crippen LogP) is 5.10. The lowest BCUT2D eigenvalue weighted by atomic mass is 9.46. The van der Waals surface area contributed by atoms with Gasteiger partial charge in [-0.25, -0.2) is 4.39 Å². The molecule has 0 aliphatic heterocycles. The highest BCUT2D eigenvalue weighted by atomic mass is 19.1. The van der Waals surface area contributed by atoms with Gasteiger partial charge in [0.05, 0.1) is 0 Å². The van der Waals surface area contributed by atoms with Crippen molar-refractivity contribution in [2.45, 2.75) is 71.9 Å². The summed E-state index contributed by atoms with van der Waals surface area (Å²) in [7, 11) is 0. The second-order valence-electron chi connectivity index (χ2n) is 8.94. The number of hydrogen-bond acceptors (Lipinski definition) is 1. The Balaban J connectivity index is 1.74. The van der Waals surface area contributed by atoms with Crippen molar-refractivity contribution in [3.05, 3.63) is 11.6 Å². The number of Topliss-reactive ketones (excluding diaryl/α,β-unsaturated/α-hetero) is 1. The molecule has 122 valence electrons. The Morgan fingerprint density at radius 1 is 1.23 bits per heavy atom. The summed E-state index contributed by atoms with van der Waals surface area (Å²) in [5, 5.41) is 0. The highest BCUT2D eigenvalue weighted by Gasteiger charge is 2.61. The third-order valence-electron chi connectivity index (χ3n) is 8.34. The number of allylic oxidation sites excluding steroid dienone is 2. The molecule has 7 atom stereocenters. The van der Waals surface area contributed by atoms with E-state index in [1.807, 2.05) is 0 Å². The van der Waals surface area contributed by atoms with Gasteiger partial charge in [0.2, 0.25) is 0 Å². The van der Waals surface area contributed by atoms with E-state index in [1.165, 1.54) is 19.3 Å². The maximum absolute atomic E-state index is 14.2. The van der Waals surface area contributed by atoms with Gasteiger partial charge in [-0.05, 0) is 74.0 Å². The Bertz CT molecular complexity index is 538. The van der Waals surface area contributed by atoms with Crippen LogP contribution < -0.4 is 0 Å². The van der Waals surface area contributed by atoms with Gasteiger partial charge in [0, 0.05) is 5.41 Å². The minimum Gasteiger partial charge on any atom is -0.296 e. The van der Waals surface area contributed by atoms with Crippen LogP contribution in [0.25, 0.3) is 0 Å². The van der Waals surface area contributed by atoms with E-state index in [4.69, 9.17) is 0 Å². The molecular weight excluding hydrogens is 275 g/mol. The largest absolute Gasteiger partial charge is 0.296 e. The molecule has 1 nitrogen and oxygen atoms in total. The normalized spacial score (nSPS) is 54.3. The van der Waals surface area contributed by atoms with Crippen LogP contribution >= 0.6 is 0 Å². The lowest BCUT2D eigenvalue weighted by Crippen LogP contribution is -2.51. The average molecular weight is 304 g/mol. The second kappa shape index (κ2) is 4.68. The molecule has 2 heteroatoms. The van der Waals surface area contributed by atoms with E-state index in [0.717, 1.165) is 25.2 Å². The van der Waals surface area contributed by atoms with E-state index in [0.29, 0.717) is 23.7 Å². The summed E-state index contributed by atoms with van der Waals surface area (Å²) < 4.78 is 14.2. The molecular formula is C20H29FO. The van der Waals surface area contributed by atoms with Gasteiger partial charge in [-0.2, -0.15) is 0 Å². The Morgan fingerprint density at radius 3 is 2.77 bits per heavy atom. The summed E-state index contributed by atoms with van der Waals surface area (Å²) in [6, 6.07) is 0. The van der Waals surface area contributed by atoms with E-state index in [9.17, 15) is 9.18 Å². The van der Waals surface area contributed by atoms with Gasteiger partial charge < -0.3 is 0 Å². The molecule has 0 amide bonds.